The Hall–Kier alpha value is -0.970. The second kappa shape index (κ2) is 5.21. The number of methoxy groups -OCH3 is 2. The summed E-state index contributed by atoms with van der Waals surface area (Å²) in [6.45, 7) is 0.329. The molecule has 1 unspecified atom stereocenters. The van der Waals surface area contributed by atoms with Gasteiger partial charge in [0.25, 0.3) is 0 Å². The molecule has 0 aliphatic rings. The van der Waals surface area contributed by atoms with Gasteiger partial charge in [0, 0.05) is 12.6 Å². The van der Waals surface area contributed by atoms with Crippen molar-refractivity contribution in [2.24, 2.45) is 11.5 Å². The predicted molar refractivity (Wildman–Crippen MR) is 60.5 cm³/mol. The summed E-state index contributed by atoms with van der Waals surface area (Å²) in [5.74, 6) is 1.07. The first kappa shape index (κ1) is 12.1. The van der Waals surface area contributed by atoms with Crippen LogP contribution in [0.5, 0.6) is 11.5 Å². The van der Waals surface area contributed by atoms with Gasteiger partial charge in [-0.2, -0.15) is 0 Å². The quantitative estimate of drug-likeness (QED) is 0.819. The topological polar surface area (TPSA) is 70.5 Å². The fraction of sp³-hybridized carbons (Fsp3) is 0.400. The highest BCUT2D eigenvalue weighted by atomic mass is 35.5. The van der Waals surface area contributed by atoms with Crippen LogP contribution in [0.3, 0.4) is 0 Å². The second-order valence-corrected chi connectivity index (χ2v) is 3.42. The molecular formula is C10H15ClN2O2. The average Bonchev–Trinajstić information content (AvgIpc) is 2.27. The van der Waals surface area contributed by atoms with E-state index in [1.165, 1.54) is 7.11 Å². The van der Waals surface area contributed by atoms with Crippen LogP contribution in [-0.4, -0.2) is 20.8 Å². The molecule has 0 amide bonds. The third-order valence-electron chi connectivity index (χ3n) is 2.17. The molecule has 0 saturated carbocycles. The molecule has 0 spiro atoms. The molecule has 4 N–H and O–H groups in total. The Morgan fingerprint density at radius 3 is 2.47 bits per heavy atom. The Balaban J connectivity index is 3.22. The molecule has 0 radical (unpaired) electrons. The van der Waals surface area contributed by atoms with E-state index in [0.717, 1.165) is 5.56 Å². The summed E-state index contributed by atoms with van der Waals surface area (Å²) in [7, 11) is 3.08. The van der Waals surface area contributed by atoms with Gasteiger partial charge in [0.2, 0.25) is 0 Å². The number of ether oxygens (including phenoxy) is 2. The van der Waals surface area contributed by atoms with Gasteiger partial charge in [-0.25, -0.2) is 0 Å². The predicted octanol–water partition coefficient (Wildman–Crippen LogP) is 1.32. The van der Waals surface area contributed by atoms with E-state index >= 15 is 0 Å². The maximum atomic E-state index is 6.13. The Kier molecular flexibility index (Phi) is 4.20. The maximum absolute atomic E-state index is 6.13. The van der Waals surface area contributed by atoms with E-state index < -0.39 is 0 Å². The number of hydrogen-bond acceptors (Lipinski definition) is 4. The zero-order valence-corrected chi connectivity index (χ0v) is 9.54. The van der Waals surface area contributed by atoms with Gasteiger partial charge >= 0.3 is 0 Å². The van der Waals surface area contributed by atoms with Crippen molar-refractivity contribution in [3.63, 3.8) is 0 Å². The summed E-state index contributed by atoms with van der Waals surface area (Å²) >= 11 is 6.13. The average molecular weight is 231 g/mol. The summed E-state index contributed by atoms with van der Waals surface area (Å²) in [6, 6.07) is 3.26. The summed E-state index contributed by atoms with van der Waals surface area (Å²) in [4.78, 5) is 0. The third-order valence-corrected chi connectivity index (χ3v) is 2.56. The van der Waals surface area contributed by atoms with Crippen LogP contribution in [0, 0.1) is 0 Å². The third kappa shape index (κ3) is 2.34. The van der Waals surface area contributed by atoms with Crippen LogP contribution in [0.4, 0.5) is 0 Å². The summed E-state index contributed by atoms with van der Waals surface area (Å²) in [6.07, 6.45) is 0. The standard InChI is InChI=1S/C10H15ClN2O2/c1-14-8-4-3-6(7(13)5-12)9(11)10(8)15-2/h3-4,7H,5,12-13H2,1-2H3. The number of halogens is 1. The number of benzene rings is 1. The lowest BCUT2D eigenvalue weighted by atomic mass is 10.1. The van der Waals surface area contributed by atoms with Crippen LogP contribution in [0.1, 0.15) is 11.6 Å². The molecule has 0 aliphatic carbocycles. The van der Waals surface area contributed by atoms with Crippen LogP contribution in [0.2, 0.25) is 5.02 Å². The van der Waals surface area contributed by atoms with Crippen molar-refractivity contribution >= 4 is 11.6 Å². The lowest BCUT2D eigenvalue weighted by Crippen LogP contribution is -2.21. The van der Waals surface area contributed by atoms with Gasteiger partial charge in [0.05, 0.1) is 19.2 Å². The monoisotopic (exact) mass is 230 g/mol. The van der Waals surface area contributed by atoms with Gasteiger partial charge in [-0.1, -0.05) is 17.7 Å². The van der Waals surface area contributed by atoms with E-state index in [0.29, 0.717) is 23.1 Å². The Bertz CT molecular complexity index is 344. The number of nitrogens with two attached hydrogens (primary N) is 2. The van der Waals surface area contributed by atoms with Crippen molar-refractivity contribution in [3.05, 3.63) is 22.7 Å². The van der Waals surface area contributed by atoms with Gasteiger partial charge < -0.3 is 20.9 Å². The van der Waals surface area contributed by atoms with Crippen molar-refractivity contribution in [1.82, 2.24) is 0 Å². The highest BCUT2D eigenvalue weighted by Crippen LogP contribution is 2.38. The van der Waals surface area contributed by atoms with Crippen LogP contribution >= 0.6 is 11.6 Å². The molecule has 84 valence electrons. The van der Waals surface area contributed by atoms with Gasteiger partial charge in [0.1, 0.15) is 0 Å². The zero-order valence-electron chi connectivity index (χ0n) is 8.79. The summed E-state index contributed by atoms with van der Waals surface area (Å²) in [5.41, 5.74) is 12.0. The molecule has 5 heteroatoms. The molecule has 0 heterocycles. The SMILES string of the molecule is COc1ccc(C(N)CN)c(Cl)c1OC. The molecular weight excluding hydrogens is 216 g/mol. The second-order valence-electron chi connectivity index (χ2n) is 3.05. The normalized spacial score (nSPS) is 12.3. The van der Waals surface area contributed by atoms with Crippen molar-refractivity contribution in [2.45, 2.75) is 6.04 Å². The number of hydrogen-bond donors (Lipinski definition) is 2. The van der Waals surface area contributed by atoms with Gasteiger partial charge in [0.15, 0.2) is 11.5 Å². The van der Waals surface area contributed by atoms with Crippen LogP contribution in [0.15, 0.2) is 12.1 Å². The van der Waals surface area contributed by atoms with Crippen LogP contribution in [0.25, 0.3) is 0 Å². The largest absolute Gasteiger partial charge is 0.493 e. The first-order chi connectivity index (χ1) is 7.15. The Labute approximate surface area is 94.1 Å². The van der Waals surface area contributed by atoms with Gasteiger partial charge in [-0.15, -0.1) is 0 Å². The summed E-state index contributed by atoms with van der Waals surface area (Å²) < 4.78 is 10.3. The van der Waals surface area contributed by atoms with E-state index in [9.17, 15) is 0 Å². The van der Waals surface area contributed by atoms with E-state index in [2.05, 4.69) is 0 Å². The minimum absolute atomic E-state index is 0.294. The molecule has 15 heavy (non-hydrogen) atoms. The van der Waals surface area contributed by atoms with E-state index in [4.69, 9.17) is 32.5 Å². The minimum atomic E-state index is -0.294. The van der Waals surface area contributed by atoms with E-state index in [1.54, 1.807) is 19.2 Å². The minimum Gasteiger partial charge on any atom is -0.493 e. The first-order valence-electron chi connectivity index (χ1n) is 4.51. The molecule has 1 aromatic carbocycles. The molecule has 0 aromatic heterocycles. The fourth-order valence-corrected chi connectivity index (χ4v) is 1.69. The maximum Gasteiger partial charge on any atom is 0.179 e. The highest BCUT2D eigenvalue weighted by molar-refractivity contribution is 6.33. The smallest absolute Gasteiger partial charge is 0.179 e. The lowest BCUT2D eigenvalue weighted by Gasteiger charge is -2.16. The molecule has 1 atom stereocenters. The molecule has 0 bridgehead atoms. The molecule has 1 rings (SSSR count). The Morgan fingerprint density at radius 1 is 1.33 bits per heavy atom. The Morgan fingerprint density at radius 2 is 2.00 bits per heavy atom. The van der Waals surface area contributed by atoms with Crippen LogP contribution < -0.4 is 20.9 Å². The van der Waals surface area contributed by atoms with Crippen molar-refractivity contribution in [1.29, 1.82) is 0 Å². The highest BCUT2D eigenvalue weighted by Gasteiger charge is 2.16. The van der Waals surface area contributed by atoms with Crippen LogP contribution in [-0.2, 0) is 0 Å². The van der Waals surface area contributed by atoms with Crippen molar-refractivity contribution < 1.29 is 9.47 Å². The molecule has 0 fully saturated rings. The molecule has 1 aromatic rings. The molecule has 4 nitrogen and oxygen atoms in total. The number of rotatable bonds is 4. The molecule has 0 saturated heterocycles. The van der Waals surface area contributed by atoms with Crippen molar-refractivity contribution in [2.75, 3.05) is 20.8 Å². The van der Waals surface area contributed by atoms with Crippen molar-refractivity contribution in [3.8, 4) is 11.5 Å². The molecule has 0 aliphatic heterocycles. The fourth-order valence-electron chi connectivity index (χ4n) is 1.32. The van der Waals surface area contributed by atoms with Gasteiger partial charge in [-0.05, 0) is 11.6 Å². The zero-order chi connectivity index (χ0) is 11.4. The van der Waals surface area contributed by atoms with Gasteiger partial charge in [-0.3, -0.25) is 0 Å². The van der Waals surface area contributed by atoms with E-state index in [-0.39, 0.29) is 6.04 Å². The van der Waals surface area contributed by atoms with E-state index in [1.807, 2.05) is 0 Å². The summed E-state index contributed by atoms with van der Waals surface area (Å²) in [5, 5.41) is 0.454. The lowest BCUT2D eigenvalue weighted by molar-refractivity contribution is 0.354. The first-order valence-corrected chi connectivity index (χ1v) is 4.89.